The molecular formula is C14H21Cl2NO2. The molecule has 1 aromatic carbocycles. The van der Waals surface area contributed by atoms with Crippen LogP contribution in [0.5, 0.6) is 5.75 Å². The molecule has 0 heterocycles. The van der Waals surface area contributed by atoms with Crippen molar-refractivity contribution in [3.8, 4) is 5.75 Å². The molecule has 0 spiro atoms. The number of aliphatic hydroxyl groups excluding tert-OH is 1. The topological polar surface area (TPSA) is 41.5 Å². The SMILES string of the molecule is CCC(O)COc1c(Cl)cc(Cl)cc1CNC(C)C. The van der Waals surface area contributed by atoms with E-state index in [2.05, 4.69) is 19.2 Å². The van der Waals surface area contributed by atoms with Crippen LogP contribution in [0, 0.1) is 0 Å². The van der Waals surface area contributed by atoms with Gasteiger partial charge in [0, 0.05) is 23.2 Å². The van der Waals surface area contributed by atoms with Crippen LogP contribution in [-0.2, 0) is 6.54 Å². The largest absolute Gasteiger partial charge is 0.489 e. The first-order valence-electron chi connectivity index (χ1n) is 6.46. The van der Waals surface area contributed by atoms with Crippen LogP contribution in [0.15, 0.2) is 12.1 Å². The Bertz CT molecular complexity index is 411. The number of hydrogen-bond acceptors (Lipinski definition) is 3. The van der Waals surface area contributed by atoms with Crippen molar-refractivity contribution in [1.82, 2.24) is 5.32 Å². The van der Waals surface area contributed by atoms with E-state index < -0.39 is 6.10 Å². The van der Waals surface area contributed by atoms with Gasteiger partial charge < -0.3 is 15.2 Å². The summed E-state index contributed by atoms with van der Waals surface area (Å²) in [6, 6.07) is 3.83. The maximum absolute atomic E-state index is 9.56. The fourth-order valence-electron chi connectivity index (χ4n) is 1.52. The van der Waals surface area contributed by atoms with E-state index in [4.69, 9.17) is 27.9 Å². The molecule has 3 nitrogen and oxygen atoms in total. The molecule has 0 saturated heterocycles. The van der Waals surface area contributed by atoms with E-state index in [0.29, 0.717) is 34.8 Å². The summed E-state index contributed by atoms with van der Waals surface area (Å²) in [5, 5.41) is 13.9. The van der Waals surface area contributed by atoms with Crippen molar-refractivity contribution in [3.05, 3.63) is 27.7 Å². The first kappa shape index (κ1) is 16.6. The van der Waals surface area contributed by atoms with Crippen LogP contribution in [0.2, 0.25) is 10.0 Å². The molecule has 0 aliphatic rings. The van der Waals surface area contributed by atoms with Gasteiger partial charge in [-0.2, -0.15) is 0 Å². The van der Waals surface area contributed by atoms with Gasteiger partial charge in [-0.15, -0.1) is 0 Å². The second-order valence-electron chi connectivity index (χ2n) is 4.78. The molecule has 1 aromatic rings. The fourth-order valence-corrected chi connectivity index (χ4v) is 2.11. The second-order valence-corrected chi connectivity index (χ2v) is 5.63. The first-order chi connectivity index (χ1) is 8.93. The summed E-state index contributed by atoms with van der Waals surface area (Å²) in [5.41, 5.74) is 0.898. The van der Waals surface area contributed by atoms with E-state index in [-0.39, 0.29) is 6.61 Å². The molecule has 2 N–H and O–H groups in total. The third-order valence-electron chi connectivity index (χ3n) is 2.68. The van der Waals surface area contributed by atoms with E-state index in [0.717, 1.165) is 5.56 Å². The molecule has 1 rings (SSSR count). The van der Waals surface area contributed by atoms with Crippen LogP contribution in [0.25, 0.3) is 0 Å². The molecule has 108 valence electrons. The summed E-state index contributed by atoms with van der Waals surface area (Å²) in [5.74, 6) is 0.590. The second kappa shape index (κ2) is 7.95. The van der Waals surface area contributed by atoms with Crippen LogP contribution in [0.4, 0.5) is 0 Å². The van der Waals surface area contributed by atoms with Crippen LogP contribution in [0.1, 0.15) is 32.8 Å². The van der Waals surface area contributed by atoms with E-state index in [1.54, 1.807) is 6.07 Å². The molecule has 0 bridgehead atoms. The maximum Gasteiger partial charge on any atom is 0.142 e. The molecule has 0 aliphatic carbocycles. The minimum atomic E-state index is -0.488. The van der Waals surface area contributed by atoms with Gasteiger partial charge in [0.2, 0.25) is 0 Å². The van der Waals surface area contributed by atoms with E-state index >= 15 is 0 Å². The highest BCUT2D eigenvalue weighted by Crippen LogP contribution is 2.32. The van der Waals surface area contributed by atoms with Crippen molar-refractivity contribution in [3.63, 3.8) is 0 Å². The Kier molecular flexibility index (Phi) is 6.94. The molecule has 19 heavy (non-hydrogen) atoms. The molecule has 5 heteroatoms. The van der Waals surface area contributed by atoms with Gasteiger partial charge in [0.15, 0.2) is 0 Å². The Morgan fingerprint density at radius 3 is 2.58 bits per heavy atom. The normalized spacial score (nSPS) is 12.8. The molecule has 0 aromatic heterocycles. The third-order valence-corrected chi connectivity index (χ3v) is 3.18. The van der Waals surface area contributed by atoms with Crippen LogP contribution in [-0.4, -0.2) is 23.9 Å². The minimum Gasteiger partial charge on any atom is -0.489 e. The van der Waals surface area contributed by atoms with Crippen molar-refractivity contribution in [2.75, 3.05) is 6.61 Å². The molecule has 1 unspecified atom stereocenters. The Balaban J connectivity index is 2.86. The Hall–Kier alpha value is -0.480. The van der Waals surface area contributed by atoms with Crippen molar-refractivity contribution in [2.24, 2.45) is 0 Å². The molecule has 1 atom stereocenters. The number of halogens is 2. The standard InChI is InChI=1S/C14H21Cl2NO2/c1-4-12(18)8-19-14-10(7-17-9(2)3)5-11(15)6-13(14)16/h5-6,9,12,17-18H,4,7-8H2,1-3H3. The predicted octanol–water partition coefficient (Wildman–Crippen LogP) is 3.64. The number of rotatable bonds is 7. The van der Waals surface area contributed by atoms with Crippen LogP contribution in [0.3, 0.4) is 0 Å². The summed E-state index contributed by atoms with van der Waals surface area (Å²) in [6.45, 7) is 6.88. The number of hydrogen-bond donors (Lipinski definition) is 2. The number of ether oxygens (including phenoxy) is 1. The summed E-state index contributed by atoms with van der Waals surface area (Å²) < 4.78 is 5.63. The average molecular weight is 306 g/mol. The van der Waals surface area contributed by atoms with E-state index in [1.165, 1.54) is 0 Å². The Morgan fingerprint density at radius 2 is 2.00 bits per heavy atom. The smallest absolute Gasteiger partial charge is 0.142 e. The van der Waals surface area contributed by atoms with Gasteiger partial charge in [-0.3, -0.25) is 0 Å². The number of aliphatic hydroxyl groups is 1. The maximum atomic E-state index is 9.56. The quantitative estimate of drug-likeness (QED) is 0.808. The van der Waals surface area contributed by atoms with Crippen molar-refractivity contribution in [2.45, 2.75) is 45.9 Å². The zero-order chi connectivity index (χ0) is 14.4. The first-order valence-corrected chi connectivity index (χ1v) is 7.21. The van der Waals surface area contributed by atoms with Crippen molar-refractivity contribution in [1.29, 1.82) is 0 Å². The van der Waals surface area contributed by atoms with Crippen molar-refractivity contribution < 1.29 is 9.84 Å². The fraction of sp³-hybridized carbons (Fsp3) is 0.571. The monoisotopic (exact) mass is 305 g/mol. The highest BCUT2D eigenvalue weighted by Gasteiger charge is 2.12. The van der Waals surface area contributed by atoms with Gasteiger partial charge in [0.25, 0.3) is 0 Å². The van der Waals surface area contributed by atoms with E-state index in [1.807, 2.05) is 13.0 Å². The Morgan fingerprint density at radius 1 is 1.32 bits per heavy atom. The highest BCUT2D eigenvalue weighted by molar-refractivity contribution is 6.35. The van der Waals surface area contributed by atoms with Gasteiger partial charge in [0.1, 0.15) is 12.4 Å². The predicted molar refractivity (Wildman–Crippen MR) is 80.2 cm³/mol. The minimum absolute atomic E-state index is 0.229. The lowest BCUT2D eigenvalue weighted by Gasteiger charge is -2.17. The molecule has 0 fully saturated rings. The van der Waals surface area contributed by atoms with Crippen LogP contribution >= 0.6 is 23.2 Å². The van der Waals surface area contributed by atoms with Crippen molar-refractivity contribution >= 4 is 23.2 Å². The van der Waals surface area contributed by atoms with Gasteiger partial charge in [-0.25, -0.2) is 0 Å². The average Bonchev–Trinajstić information content (AvgIpc) is 2.34. The van der Waals surface area contributed by atoms with Gasteiger partial charge in [-0.05, 0) is 18.6 Å². The number of benzene rings is 1. The lowest BCUT2D eigenvalue weighted by Crippen LogP contribution is -2.23. The third kappa shape index (κ3) is 5.57. The highest BCUT2D eigenvalue weighted by atomic mass is 35.5. The van der Waals surface area contributed by atoms with Gasteiger partial charge >= 0.3 is 0 Å². The molecule has 0 radical (unpaired) electrons. The van der Waals surface area contributed by atoms with Crippen LogP contribution < -0.4 is 10.1 Å². The Labute approximate surface area is 124 Å². The number of nitrogens with one attached hydrogen (secondary N) is 1. The molecule has 0 aliphatic heterocycles. The lowest BCUT2D eigenvalue weighted by molar-refractivity contribution is 0.104. The summed E-state index contributed by atoms with van der Waals surface area (Å²) >= 11 is 12.2. The summed E-state index contributed by atoms with van der Waals surface area (Å²) in [4.78, 5) is 0. The zero-order valence-corrected chi connectivity index (χ0v) is 13.1. The summed E-state index contributed by atoms with van der Waals surface area (Å²) in [7, 11) is 0. The summed E-state index contributed by atoms with van der Waals surface area (Å²) in [6.07, 6.45) is 0.155. The zero-order valence-electron chi connectivity index (χ0n) is 11.5. The molecule has 0 amide bonds. The van der Waals surface area contributed by atoms with Gasteiger partial charge in [0.05, 0.1) is 11.1 Å². The van der Waals surface area contributed by atoms with Gasteiger partial charge in [-0.1, -0.05) is 44.0 Å². The lowest BCUT2D eigenvalue weighted by atomic mass is 10.2. The molecule has 0 saturated carbocycles. The molecular weight excluding hydrogens is 285 g/mol. The van der Waals surface area contributed by atoms with E-state index in [9.17, 15) is 5.11 Å².